The van der Waals surface area contributed by atoms with Crippen molar-refractivity contribution in [1.29, 1.82) is 0 Å². The van der Waals surface area contributed by atoms with E-state index in [1.54, 1.807) is 73.8 Å². The summed E-state index contributed by atoms with van der Waals surface area (Å²) in [5.41, 5.74) is 4.50. The van der Waals surface area contributed by atoms with E-state index in [0.29, 0.717) is 47.3 Å². The summed E-state index contributed by atoms with van der Waals surface area (Å²) >= 11 is 0. The summed E-state index contributed by atoms with van der Waals surface area (Å²) < 4.78 is 27.6. The van der Waals surface area contributed by atoms with Gasteiger partial charge < -0.3 is 23.7 Å². The normalized spacial score (nSPS) is 10.6. The van der Waals surface area contributed by atoms with Crippen molar-refractivity contribution < 1.29 is 33.3 Å². The van der Waals surface area contributed by atoms with Crippen LogP contribution in [0.1, 0.15) is 28.4 Å². The number of carbonyl (C=O) groups excluding carboxylic acids is 2. The molecule has 0 atom stereocenters. The van der Waals surface area contributed by atoms with Crippen LogP contribution < -0.4 is 29.1 Å². The van der Waals surface area contributed by atoms with Crippen molar-refractivity contribution in [3.63, 3.8) is 0 Å². The van der Waals surface area contributed by atoms with Crippen LogP contribution in [0.2, 0.25) is 0 Å². The highest BCUT2D eigenvalue weighted by molar-refractivity contribution is 5.92. The Bertz CT molecular complexity index is 1450. The second-order valence-corrected chi connectivity index (χ2v) is 8.58. The van der Waals surface area contributed by atoms with Crippen molar-refractivity contribution in [2.75, 3.05) is 20.3 Å². The topological polar surface area (TPSA) is 105 Å². The molecular formula is C32H30N2O7. The SMILES string of the molecule is CCOc1cc(/C=N/NC(=O)COc2ccc(OCc3ccccc3)cc2)ccc1OC(=O)c1ccc(OC)cc1. The van der Waals surface area contributed by atoms with E-state index in [2.05, 4.69) is 10.5 Å². The molecule has 9 heteroatoms. The standard InChI is InChI=1S/C32H30N2O7/c1-3-38-30-19-24(9-18-29(30)41-32(36)25-10-12-26(37-2)13-11-25)20-33-34-31(35)22-40-28-16-14-27(15-17-28)39-21-23-7-5-4-6-8-23/h4-20H,3,21-22H2,1-2H3,(H,34,35)/b33-20+. The summed E-state index contributed by atoms with van der Waals surface area (Å²) in [6, 6.07) is 28.4. The minimum atomic E-state index is -0.531. The summed E-state index contributed by atoms with van der Waals surface area (Å²) in [6.07, 6.45) is 1.45. The molecule has 0 bridgehead atoms. The zero-order valence-electron chi connectivity index (χ0n) is 22.7. The molecule has 0 radical (unpaired) electrons. The molecule has 0 saturated carbocycles. The third kappa shape index (κ3) is 8.86. The molecule has 0 aliphatic heterocycles. The maximum Gasteiger partial charge on any atom is 0.343 e. The van der Waals surface area contributed by atoms with Gasteiger partial charge in [0.15, 0.2) is 18.1 Å². The highest BCUT2D eigenvalue weighted by atomic mass is 16.6. The second kappa shape index (κ2) is 14.7. The van der Waals surface area contributed by atoms with Crippen LogP contribution >= 0.6 is 0 Å². The van der Waals surface area contributed by atoms with E-state index >= 15 is 0 Å². The number of rotatable bonds is 13. The molecule has 0 spiro atoms. The number of amides is 1. The Morgan fingerprint density at radius 1 is 0.780 bits per heavy atom. The summed E-state index contributed by atoms with van der Waals surface area (Å²) in [7, 11) is 1.55. The molecule has 0 heterocycles. The van der Waals surface area contributed by atoms with E-state index in [9.17, 15) is 9.59 Å². The lowest BCUT2D eigenvalue weighted by atomic mass is 10.2. The van der Waals surface area contributed by atoms with Gasteiger partial charge in [-0.1, -0.05) is 30.3 Å². The van der Waals surface area contributed by atoms with E-state index in [-0.39, 0.29) is 12.4 Å². The van der Waals surface area contributed by atoms with Crippen LogP contribution in [0.4, 0.5) is 0 Å². The number of hydrogen-bond acceptors (Lipinski definition) is 8. The number of carbonyl (C=O) groups is 2. The highest BCUT2D eigenvalue weighted by Gasteiger charge is 2.13. The molecule has 1 amide bonds. The molecule has 4 aromatic carbocycles. The smallest absolute Gasteiger partial charge is 0.343 e. The van der Waals surface area contributed by atoms with Crippen LogP contribution in [0.15, 0.2) is 102 Å². The lowest BCUT2D eigenvalue weighted by molar-refractivity contribution is -0.123. The number of hydrazone groups is 1. The fourth-order valence-corrected chi connectivity index (χ4v) is 3.58. The lowest BCUT2D eigenvalue weighted by Crippen LogP contribution is -2.24. The van der Waals surface area contributed by atoms with Crippen molar-refractivity contribution in [2.45, 2.75) is 13.5 Å². The van der Waals surface area contributed by atoms with Gasteiger partial charge in [-0.3, -0.25) is 4.79 Å². The Morgan fingerprint density at radius 2 is 1.46 bits per heavy atom. The van der Waals surface area contributed by atoms with Gasteiger partial charge in [-0.15, -0.1) is 0 Å². The van der Waals surface area contributed by atoms with Gasteiger partial charge in [-0.2, -0.15) is 5.10 Å². The maximum absolute atomic E-state index is 12.6. The number of ether oxygens (including phenoxy) is 5. The van der Waals surface area contributed by atoms with E-state index in [0.717, 1.165) is 5.56 Å². The Hall–Kier alpha value is -5.31. The zero-order valence-corrected chi connectivity index (χ0v) is 22.7. The fraction of sp³-hybridized carbons (Fsp3) is 0.156. The number of hydrogen-bond donors (Lipinski definition) is 1. The number of nitrogens with one attached hydrogen (secondary N) is 1. The van der Waals surface area contributed by atoms with Gasteiger partial charge in [0.05, 0.1) is 25.5 Å². The van der Waals surface area contributed by atoms with Crippen molar-refractivity contribution in [2.24, 2.45) is 5.10 Å². The van der Waals surface area contributed by atoms with Gasteiger partial charge in [0, 0.05) is 0 Å². The van der Waals surface area contributed by atoms with E-state index in [4.69, 9.17) is 23.7 Å². The lowest BCUT2D eigenvalue weighted by Gasteiger charge is -2.11. The van der Waals surface area contributed by atoms with Gasteiger partial charge in [-0.25, -0.2) is 10.2 Å². The first-order valence-corrected chi connectivity index (χ1v) is 12.9. The minimum absolute atomic E-state index is 0.216. The molecular weight excluding hydrogens is 524 g/mol. The molecule has 0 fully saturated rings. The van der Waals surface area contributed by atoms with Crippen molar-refractivity contribution in [3.8, 4) is 28.7 Å². The Kier molecular flexibility index (Phi) is 10.3. The van der Waals surface area contributed by atoms with E-state index in [1.807, 2.05) is 37.3 Å². The van der Waals surface area contributed by atoms with Crippen molar-refractivity contribution >= 4 is 18.1 Å². The van der Waals surface area contributed by atoms with Crippen LogP contribution in [0, 0.1) is 0 Å². The quantitative estimate of drug-likeness (QED) is 0.102. The highest BCUT2D eigenvalue weighted by Crippen LogP contribution is 2.29. The summed E-state index contributed by atoms with van der Waals surface area (Å²) in [5.74, 6) is 1.53. The van der Waals surface area contributed by atoms with E-state index < -0.39 is 11.9 Å². The number of benzene rings is 4. The van der Waals surface area contributed by atoms with Crippen LogP contribution in [0.5, 0.6) is 28.7 Å². The zero-order chi connectivity index (χ0) is 28.9. The number of esters is 1. The van der Waals surface area contributed by atoms with Gasteiger partial charge >= 0.3 is 5.97 Å². The number of nitrogens with zero attached hydrogens (tertiary/aromatic N) is 1. The van der Waals surface area contributed by atoms with Gasteiger partial charge in [-0.05, 0) is 84.8 Å². The number of methoxy groups -OCH3 is 1. The minimum Gasteiger partial charge on any atom is -0.497 e. The van der Waals surface area contributed by atoms with E-state index in [1.165, 1.54) is 6.21 Å². The van der Waals surface area contributed by atoms with Gasteiger partial charge in [0.1, 0.15) is 23.9 Å². The molecule has 9 nitrogen and oxygen atoms in total. The first kappa shape index (κ1) is 28.7. The Labute approximate surface area is 238 Å². The largest absolute Gasteiger partial charge is 0.497 e. The predicted octanol–water partition coefficient (Wildman–Crippen LogP) is 5.42. The fourth-order valence-electron chi connectivity index (χ4n) is 3.58. The third-order valence-corrected chi connectivity index (χ3v) is 5.64. The average Bonchev–Trinajstić information content (AvgIpc) is 3.01. The summed E-state index contributed by atoms with van der Waals surface area (Å²) in [5, 5.41) is 3.98. The molecule has 4 aromatic rings. The molecule has 0 saturated heterocycles. The Balaban J connectivity index is 1.25. The summed E-state index contributed by atoms with van der Waals surface area (Å²) in [6.45, 7) is 2.43. The van der Waals surface area contributed by atoms with Gasteiger partial charge in [0.25, 0.3) is 5.91 Å². The average molecular weight is 555 g/mol. The Morgan fingerprint density at radius 3 is 2.15 bits per heavy atom. The molecule has 4 rings (SSSR count). The maximum atomic E-state index is 12.6. The molecule has 41 heavy (non-hydrogen) atoms. The van der Waals surface area contributed by atoms with Crippen molar-refractivity contribution in [3.05, 3.63) is 114 Å². The first-order chi connectivity index (χ1) is 20.0. The molecule has 0 aliphatic carbocycles. The third-order valence-electron chi connectivity index (χ3n) is 5.64. The van der Waals surface area contributed by atoms with Crippen LogP contribution in [-0.4, -0.2) is 38.4 Å². The molecule has 210 valence electrons. The predicted molar refractivity (Wildman–Crippen MR) is 154 cm³/mol. The second-order valence-electron chi connectivity index (χ2n) is 8.58. The van der Waals surface area contributed by atoms with Crippen molar-refractivity contribution in [1.82, 2.24) is 5.43 Å². The molecule has 1 N–H and O–H groups in total. The molecule has 0 aliphatic rings. The van der Waals surface area contributed by atoms with Gasteiger partial charge in [0.2, 0.25) is 0 Å². The molecule has 0 unspecified atom stereocenters. The van der Waals surface area contributed by atoms with Crippen LogP contribution in [-0.2, 0) is 11.4 Å². The monoisotopic (exact) mass is 554 g/mol. The summed E-state index contributed by atoms with van der Waals surface area (Å²) in [4.78, 5) is 24.7. The molecule has 0 aromatic heterocycles. The first-order valence-electron chi connectivity index (χ1n) is 12.9. The van der Waals surface area contributed by atoms with Crippen LogP contribution in [0.25, 0.3) is 0 Å². The van der Waals surface area contributed by atoms with Crippen LogP contribution in [0.3, 0.4) is 0 Å².